The van der Waals surface area contributed by atoms with Gasteiger partial charge in [0.2, 0.25) is 0 Å². The number of aliphatic hydroxyl groups is 1. The fourth-order valence-electron chi connectivity index (χ4n) is 2.27. The zero-order valence-corrected chi connectivity index (χ0v) is 13.2. The molecule has 0 amide bonds. The van der Waals surface area contributed by atoms with Gasteiger partial charge in [-0.05, 0) is 38.5 Å². The van der Waals surface area contributed by atoms with Gasteiger partial charge in [-0.15, -0.1) is 0 Å². The number of nitrogens with one attached hydrogen (secondary N) is 2. The largest absolute Gasteiger partial charge is 0.393 e. The van der Waals surface area contributed by atoms with Crippen LogP contribution in [0.1, 0.15) is 46.5 Å². The molecule has 0 radical (unpaired) electrons. The average Bonchev–Trinajstić information content (AvgIpc) is 2.40. The van der Waals surface area contributed by atoms with Gasteiger partial charge in [0, 0.05) is 19.2 Å². The molecule has 0 bridgehead atoms. The molecule has 0 aromatic heterocycles. The van der Waals surface area contributed by atoms with Gasteiger partial charge in [0.05, 0.1) is 19.3 Å². The second kappa shape index (κ2) is 10.00. The molecule has 5 nitrogen and oxygen atoms in total. The molecular formula is C15H31N3O2. The second-order valence-corrected chi connectivity index (χ2v) is 5.88. The maximum absolute atomic E-state index is 9.52. The number of nitrogens with zero attached hydrogens (tertiary/aromatic N) is 1. The van der Waals surface area contributed by atoms with Crippen molar-refractivity contribution in [3.63, 3.8) is 0 Å². The van der Waals surface area contributed by atoms with Crippen molar-refractivity contribution in [1.82, 2.24) is 10.6 Å². The van der Waals surface area contributed by atoms with Crippen molar-refractivity contribution in [2.45, 2.75) is 58.6 Å². The lowest BCUT2D eigenvalue weighted by Crippen LogP contribution is -2.45. The van der Waals surface area contributed by atoms with Crippen molar-refractivity contribution in [2.75, 3.05) is 26.3 Å². The monoisotopic (exact) mass is 285 g/mol. The number of aliphatic imine (C=N–C) groups is 1. The Balaban J connectivity index is 2.27. The van der Waals surface area contributed by atoms with Gasteiger partial charge in [-0.25, -0.2) is 0 Å². The molecule has 0 spiro atoms. The Morgan fingerprint density at radius 1 is 1.30 bits per heavy atom. The lowest BCUT2D eigenvalue weighted by molar-refractivity contribution is 0.116. The highest BCUT2D eigenvalue weighted by molar-refractivity contribution is 5.80. The molecule has 0 aliphatic heterocycles. The number of hydrogen-bond donors (Lipinski definition) is 3. The van der Waals surface area contributed by atoms with E-state index in [-0.39, 0.29) is 6.10 Å². The number of hydrogen-bond acceptors (Lipinski definition) is 3. The normalized spacial score (nSPS) is 23.9. The van der Waals surface area contributed by atoms with Gasteiger partial charge >= 0.3 is 0 Å². The van der Waals surface area contributed by atoms with Crippen molar-refractivity contribution >= 4 is 5.96 Å². The van der Waals surface area contributed by atoms with Crippen LogP contribution in [0.4, 0.5) is 0 Å². The molecule has 1 fully saturated rings. The summed E-state index contributed by atoms with van der Waals surface area (Å²) in [6, 6.07) is 0.424. The van der Waals surface area contributed by atoms with Gasteiger partial charge in [-0.2, -0.15) is 0 Å². The van der Waals surface area contributed by atoms with E-state index in [9.17, 15) is 5.11 Å². The highest BCUT2D eigenvalue weighted by Gasteiger charge is 2.19. The fourth-order valence-corrected chi connectivity index (χ4v) is 2.27. The molecular weight excluding hydrogens is 254 g/mol. The van der Waals surface area contributed by atoms with Crippen LogP contribution in [0.3, 0.4) is 0 Å². The van der Waals surface area contributed by atoms with Crippen LogP contribution in [0.15, 0.2) is 4.99 Å². The maximum Gasteiger partial charge on any atom is 0.191 e. The Morgan fingerprint density at radius 3 is 2.60 bits per heavy atom. The zero-order valence-electron chi connectivity index (χ0n) is 13.2. The van der Waals surface area contributed by atoms with E-state index >= 15 is 0 Å². The average molecular weight is 285 g/mol. The summed E-state index contributed by atoms with van der Waals surface area (Å²) in [4.78, 5) is 4.53. The lowest BCUT2D eigenvalue weighted by atomic mass is 9.93. The van der Waals surface area contributed by atoms with E-state index < -0.39 is 0 Å². The van der Waals surface area contributed by atoms with Crippen molar-refractivity contribution in [2.24, 2.45) is 10.9 Å². The van der Waals surface area contributed by atoms with Gasteiger partial charge in [0.15, 0.2) is 5.96 Å². The highest BCUT2D eigenvalue weighted by atomic mass is 16.5. The molecule has 118 valence electrons. The molecule has 20 heavy (non-hydrogen) atoms. The maximum atomic E-state index is 9.52. The number of aliphatic hydroxyl groups excluding tert-OH is 1. The van der Waals surface area contributed by atoms with Crippen LogP contribution in [0.5, 0.6) is 0 Å². The number of guanidine groups is 1. The van der Waals surface area contributed by atoms with E-state index in [1.807, 2.05) is 0 Å². The Hall–Kier alpha value is -0.810. The van der Waals surface area contributed by atoms with Crippen LogP contribution in [0, 0.1) is 5.92 Å². The number of ether oxygens (including phenoxy) is 1. The quantitative estimate of drug-likeness (QED) is 0.377. The van der Waals surface area contributed by atoms with Gasteiger partial charge in [0.25, 0.3) is 0 Å². The van der Waals surface area contributed by atoms with Gasteiger partial charge in [-0.3, -0.25) is 4.99 Å². The molecule has 1 aliphatic rings. The molecule has 1 rings (SSSR count). The first-order valence-electron chi connectivity index (χ1n) is 7.92. The molecule has 0 heterocycles. The van der Waals surface area contributed by atoms with Crippen molar-refractivity contribution in [3.05, 3.63) is 0 Å². The first-order valence-corrected chi connectivity index (χ1v) is 7.92. The van der Waals surface area contributed by atoms with Crippen LogP contribution >= 0.6 is 0 Å². The predicted octanol–water partition coefficient (Wildman–Crippen LogP) is 1.52. The summed E-state index contributed by atoms with van der Waals surface area (Å²) in [5.41, 5.74) is 0. The summed E-state index contributed by atoms with van der Waals surface area (Å²) in [5, 5.41) is 16.2. The second-order valence-electron chi connectivity index (χ2n) is 5.88. The predicted molar refractivity (Wildman–Crippen MR) is 83.0 cm³/mol. The molecule has 1 saturated carbocycles. The van der Waals surface area contributed by atoms with Crippen molar-refractivity contribution < 1.29 is 9.84 Å². The van der Waals surface area contributed by atoms with Gasteiger partial charge in [-0.1, -0.05) is 13.8 Å². The van der Waals surface area contributed by atoms with E-state index in [4.69, 9.17) is 4.74 Å². The summed E-state index contributed by atoms with van der Waals surface area (Å²) in [6.07, 6.45) is 3.67. The topological polar surface area (TPSA) is 65.9 Å². The SMILES string of the molecule is CCNC(=NCCOCC(C)C)NC1CCC(O)CC1. The summed E-state index contributed by atoms with van der Waals surface area (Å²) < 4.78 is 5.53. The minimum Gasteiger partial charge on any atom is -0.393 e. The molecule has 0 atom stereocenters. The van der Waals surface area contributed by atoms with E-state index in [2.05, 4.69) is 36.4 Å². The zero-order chi connectivity index (χ0) is 14.8. The smallest absolute Gasteiger partial charge is 0.191 e. The standard InChI is InChI=1S/C15H31N3O2/c1-4-16-15(17-9-10-20-11-12(2)3)18-13-5-7-14(19)8-6-13/h12-14,19H,4-11H2,1-3H3,(H2,16,17,18). The summed E-state index contributed by atoms with van der Waals surface area (Å²) in [6.45, 7) is 9.35. The van der Waals surface area contributed by atoms with Crippen LogP contribution in [-0.4, -0.2) is 49.5 Å². The summed E-state index contributed by atoms with van der Waals surface area (Å²) >= 11 is 0. The molecule has 0 aromatic rings. The van der Waals surface area contributed by atoms with Gasteiger partial charge in [0.1, 0.15) is 0 Å². The first-order chi connectivity index (χ1) is 9.61. The molecule has 0 saturated heterocycles. The Labute approximate surface area is 123 Å². The molecule has 0 aromatic carbocycles. The molecule has 3 N–H and O–H groups in total. The molecule has 0 unspecified atom stereocenters. The van der Waals surface area contributed by atoms with Crippen LogP contribution in [0.25, 0.3) is 0 Å². The minimum atomic E-state index is -0.114. The van der Waals surface area contributed by atoms with Crippen LogP contribution < -0.4 is 10.6 Å². The molecule has 1 aliphatic carbocycles. The number of rotatable bonds is 7. The van der Waals surface area contributed by atoms with E-state index in [1.54, 1.807) is 0 Å². The van der Waals surface area contributed by atoms with E-state index in [0.29, 0.717) is 25.1 Å². The third-order valence-electron chi connectivity index (χ3n) is 3.34. The minimum absolute atomic E-state index is 0.114. The Bertz CT molecular complexity index is 274. The van der Waals surface area contributed by atoms with E-state index in [0.717, 1.165) is 44.8 Å². The van der Waals surface area contributed by atoms with Crippen LogP contribution in [-0.2, 0) is 4.74 Å². The summed E-state index contributed by atoms with van der Waals surface area (Å²) in [7, 11) is 0. The Kier molecular flexibility index (Phi) is 8.62. The third-order valence-corrected chi connectivity index (χ3v) is 3.34. The van der Waals surface area contributed by atoms with Crippen molar-refractivity contribution in [3.8, 4) is 0 Å². The third kappa shape index (κ3) is 7.70. The van der Waals surface area contributed by atoms with Crippen molar-refractivity contribution in [1.29, 1.82) is 0 Å². The van der Waals surface area contributed by atoms with E-state index in [1.165, 1.54) is 0 Å². The first kappa shape index (κ1) is 17.2. The summed E-state index contributed by atoms with van der Waals surface area (Å²) in [5.74, 6) is 1.43. The molecule has 5 heteroatoms. The Morgan fingerprint density at radius 2 is 2.00 bits per heavy atom. The van der Waals surface area contributed by atoms with Crippen LogP contribution in [0.2, 0.25) is 0 Å². The fraction of sp³-hybridized carbons (Fsp3) is 0.933. The lowest BCUT2D eigenvalue weighted by Gasteiger charge is -2.27. The van der Waals surface area contributed by atoms with Gasteiger partial charge < -0.3 is 20.5 Å². The highest BCUT2D eigenvalue weighted by Crippen LogP contribution is 2.18.